The van der Waals surface area contributed by atoms with Crippen LogP contribution in [0.2, 0.25) is 0 Å². The molecule has 0 aliphatic carbocycles. The van der Waals surface area contributed by atoms with Gasteiger partial charge >= 0.3 is 0 Å². The first-order chi connectivity index (χ1) is 6.70. The van der Waals surface area contributed by atoms with E-state index in [0.29, 0.717) is 24.7 Å². The van der Waals surface area contributed by atoms with Gasteiger partial charge in [-0.2, -0.15) is 0 Å². The van der Waals surface area contributed by atoms with E-state index in [1.165, 1.54) is 12.8 Å². The van der Waals surface area contributed by atoms with Crippen LogP contribution in [-0.4, -0.2) is 50.0 Å². The van der Waals surface area contributed by atoms with Gasteiger partial charge in [0.15, 0.2) is 0 Å². The van der Waals surface area contributed by atoms with Gasteiger partial charge in [-0.15, -0.1) is 0 Å². The predicted molar refractivity (Wildman–Crippen MR) is 53.9 cm³/mol. The second kappa shape index (κ2) is 3.78. The number of nitrogens with zero attached hydrogens (tertiary/aromatic N) is 1. The molecule has 2 saturated heterocycles. The molecule has 0 spiro atoms. The zero-order chi connectivity index (χ0) is 10.2. The zero-order valence-electron chi connectivity index (χ0n) is 9.21. The summed E-state index contributed by atoms with van der Waals surface area (Å²) in [7, 11) is 4.03. The van der Waals surface area contributed by atoms with E-state index in [4.69, 9.17) is 4.74 Å². The number of quaternary nitrogens is 1. The standard InChI is InChI=1S/C11H21FNO/c1-13(6-5-12)9-3-4-10(13)8-11(7-9)14-2/h9-11H,3-8H2,1-2H3/q+1. The first-order valence-corrected chi connectivity index (χ1v) is 5.64. The van der Waals surface area contributed by atoms with Gasteiger partial charge < -0.3 is 9.22 Å². The maximum absolute atomic E-state index is 12.5. The number of fused-ring (bicyclic) bond motifs is 2. The highest BCUT2D eigenvalue weighted by atomic mass is 19.1. The molecule has 2 rings (SSSR count). The van der Waals surface area contributed by atoms with E-state index < -0.39 is 0 Å². The van der Waals surface area contributed by atoms with E-state index in [1.54, 1.807) is 7.11 Å². The fourth-order valence-electron chi connectivity index (χ4n) is 3.43. The Hall–Kier alpha value is -0.150. The van der Waals surface area contributed by atoms with Crippen LogP contribution in [0.25, 0.3) is 0 Å². The van der Waals surface area contributed by atoms with Crippen molar-refractivity contribution in [3.05, 3.63) is 0 Å². The number of halogens is 1. The van der Waals surface area contributed by atoms with Crippen molar-refractivity contribution in [2.45, 2.75) is 43.9 Å². The summed E-state index contributed by atoms with van der Waals surface area (Å²) in [6, 6.07) is 1.30. The van der Waals surface area contributed by atoms with Gasteiger partial charge in [0.25, 0.3) is 0 Å². The Bertz CT molecular complexity index is 195. The van der Waals surface area contributed by atoms with Gasteiger partial charge in [-0.05, 0) is 0 Å². The monoisotopic (exact) mass is 202 g/mol. The quantitative estimate of drug-likeness (QED) is 0.633. The van der Waals surface area contributed by atoms with E-state index in [1.807, 2.05) is 0 Å². The molecule has 0 aromatic rings. The van der Waals surface area contributed by atoms with Crippen LogP contribution in [0.15, 0.2) is 0 Å². The number of alkyl halides is 1. The van der Waals surface area contributed by atoms with Crippen molar-refractivity contribution in [1.29, 1.82) is 0 Å². The van der Waals surface area contributed by atoms with Crippen molar-refractivity contribution in [3.63, 3.8) is 0 Å². The highest BCUT2D eigenvalue weighted by Gasteiger charge is 2.51. The highest BCUT2D eigenvalue weighted by Crippen LogP contribution is 2.41. The number of hydrogen-bond donors (Lipinski definition) is 0. The van der Waals surface area contributed by atoms with Crippen molar-refractivity contribution in [2.24, 2.45) is 0 Å². The molecule has 0 aromatic carbocycles. The van der Waals surface area contributed by atoms with Crippen LogP contribution >= 0.6 is 0 Å². The van der Waals surface area contributed by atoms with Gasteiger partial charge in [-0.1, -0.05) is 0 Å². The Balaban J connectivity index is 2.09. The lowest BCUT2D eigenvalue weighted by Crippen LogP contribution is -2.59. The van der Waals surface area contributed by atoms with Gasteiger partial charge in [-0.3, -0.25) is 0 Å². The molecule has 82 valence electrons. The normalized spacial score (nSPS) is 46.9. The predicted octanol–water partition coefficient (Wildman–Crippen LogP) is 1.74. The molecule has 0 N–H and O–H groups in total. The van der Waals surface area contributed by atoms with E-state index in [-0.39, 0.29) is 6.67 Å². The number of ether oxygens (including phenoxy) is 1. The largest absolute Gasteiger partial charge is 0.381 e. The molecule has 3 heteroatoms. The topological polar surface area (TPSA) is 9.23 Å². The van der Waals surface area contributed by atoms with E-state index >= 15 is 0 Å². The van der Waals surface area contributed by atoms with Crippen molar-refractivity contribution in [2.75, 3.05) is 27.4 Å². The number of piperidine rings is 1. The minimum atomic E-state index is -0.179. The molecular weight excluding hydrogens is 181 g/mol. The third-order valence-electron chi connectivity index (χ3n) is 4.47. The molecule has 2 fully saturated rings. The molecule has 2 unspecified atom stereocenters. The number of hydrogen-bond acceptors (Lipinski definition) is 1. The van der Waals surface area contributed by atoms with Crippen LogP contribution in [0.5, 0.6) is 0 Å². The number of rotatable bonds is 3. The Labute approximate surface area is 85.6 Å². The summed E-state index contributed by atoms with van der Waals surface area (Å²) in [5.74, 6) is 0. The molecule has 0 saturated carbocycles. The fraction of sp³-hybridized carbons (Fsp3) is 1.00. The Kier molecular flexibility index (Phi) is 2.80. The lowest BCUT2D eigenvalue weighted by Gasteiger charge is -2.46. The summed E-state index contributed by atoms with van der Waals surface area (Å²) in [6.07, 6.45) is 5.22. The lowest BCUT2D eigenvalue weighted by atomic mass is 9.97. The van der Waals surface area contributed by atoms with E-state index in [9.17, 15) is 4.39 Å². The maximum Gasteiger partial charge on any atom is 0.138 e. The van der Waals surface area contributed by atoms with Gasteiger partial charge in [0.2, 0.25) is 0 Å². The average molecular weight is 202 g/mol. The Morgan fingerprint density at radius 1 is 1.29 bits per heavy atom. The second-order valence-corrected chi connectivity index (χ2v) is 4.97. The van der Waals surface area contributed by atoms with Crippen LogP contribution in [0.4, 0.5) is 4.39 Å². The molecule has 14 heavy (non-hydrogen) atoms. The number of methoxy groups -OCH3 is 1. The first kappa shape index (κ1) is 10.4. The molecule has 0 amide bonds. The molecule has 0 aromatic heterocycles. The highest BCUT2D eigenvalue weighted by molar-refractivity contribution is 4.86. The average Bonchev–Trinajstić information content (AvgIpc) is 2.42. The minimum absolute atomic E-state index is 0.179. The van der Waals surface area contributed by atoms with Crippen LogP contribution in [0, 0.1) is 0 Å². The van der Waals surface area contributed by atoms with E-state index in [0.717, 1.165) is 17.3 Å². The van der Waals surface area contributed by atoms with Gasteiger partial charge in [-0.25, -0.2) is 4.39 Å². The first-order valence-electron chi connectivity index (χ1n) is 5.64. The summed E-state index contributed by atoms with van der Waals surface area (Å²) in [5.41, 5.74) is 0. The van der Waals surface area contributed by atoms with Gasteiger partial charge in [0.05, 0.1) is 25.2 Å². The Morgan fingerprint density at radius 2 is 1.86 bits per heavy atom. The summed E-state index contributed by atoms with van der Waals surface area (Å²) < 4.78 is 18.9. The molecule has 2 bridgehead atoms. The van der Waals surface area contributed by atoms with Crippen LogP contribution in [0.3, 0.4) is 0 Å². The fourth-order valence-corrected chi connectivity index (χ4v) is 3.43. The van der Waals surface area contributed by atoms with Crippen molar-refractivity contribution in [3.8, 4) is 0 Å². The third-order valence-corrected chi connectivity index (χ3v) is 4.47. The van der Waals surface area contributed by atoms with Crippen molar-refractivity contribution in [1.82, 2.24) is 0 Å². The van der Waals surface area contributed by atoms with Crippen LogP contribution < -0.4 is 0 Å². The molecule has 0 radical (unpaired) electrons. The van der Waals surface area contributed by atoms with Gasteiger partial charge in [0.1, 0.15) is 13.2 Å². The molecular formula is C11H21FNO+. The zero-order valence-corrected chi connectivity index (χ0v) is 9.21. The van der Waals surface area contributed by atoms with Crippen LogP contribution in [0.1, 0.15) is 25.7 Å². The molecule has 2 aliphatic rings. The summed E-state index contributed by atoms with van der Waals surface area (Å²) in [4.78, 5) is 0. The maximum atomic E-state index is 12.5. The third kappa shape index (κ3) is 1.47. The van der Waals surface area contributed by atoms with Crippen molar-refractivity contribution < 1.29 is 13.6 Å². The summed E-state index contributed by atoms with van der Waals surface area (Å²) >= 11 is 0. The molecule has 2 atom stereocenters. The SMILES string of the molecule is COC1CC2CCC(C1)[N+]2(C)CCF. The molecule has 2 heterocycles. The second-order valence-electron chi connectivity index (χ2n) is 4.97. The van der Waals surface area contributed by atoms with Crippen molar-refractivity contribution >= 4 is 0 Å². The van der Waals surface area contributed by atoms with Crippen LogP contribution in [-0.2, 0) is 4.74 Å². The lowest BCUT2D eigenvalue weighted by molar-refractivity contribution is -0.949. The molecule has 2 nitrogen and oxygen atoms in total. The molecule has 2 aliphatic heterocycles. The minimum Gasteiger partial charge on any atom is -0.381 e. The smallest absolute Gasteiger partial charge is 0.138 e. The summed E-state index contributed by atoms with van der Waals surface area (Å²) in [6.45, 7) is 0.521. The summed E-state index contributed by atoms with van der Waals surface area (Å²) in [5, 5.41) is 0. The Morgan fingerprint density at radius 3 is 2.29 bits per heavy atom. The van der Waals surface area contributed by atoms with E-state index in [2.05, 4.69) is 7.05 Å². The van der Waals surface area contributed by atoms with Gasteiger partial charge in [0, 0.05) is 32.8 Å².